The zero-order chi connectivity index (χ0) is 13.2. The average molecular weight is 273 g/mol. The van der Waals surface area contributed by atoms with Crippen LogP contribution in [0.2, 0.25) is 0 Å². The molecule has 19 heavy (non-hydrogen) atoms. The Labute approximate surface area is 114 Å². The van der Waals surface area contributed by atoms with Crippen LogP contribution >= 0.6 is 11.3 Å². The lowest BCUT2D eigenvalue weighted by molar-refractivity contribution is 0.619. The molecule has 0 amide bonds. The van der Waals surface area contributed by atoms with E-state index in [4.69, 9.17) is 5.73 Å². The zero-order valence-corrected chi connectivity index (χ0v) is 10.9. The Hall–Kier alpha value is -2.14. The molecule has 96 valence electrons. The van der Waals surface area contributed by atoms with Crippen LogP contribution in [-0.4, -0.2) is 9.78 Å². The first kappa shape index (κ1) is 11.9. The summed E-state index contributed by atoms with van der Waals surface area (Å²) in [4.78, 5) is 1.04. The number of thiophene rings is 1. The number of rotatable bonds is 3. The molecule has 0 fully saturated rings. The second-order valence-corrected chi connectivity index (χ2v) is 5.19. The highest BCUT2D eigenvalue weighted by atomic mass is 32.1. The van der Waals surface area contributed by atoms with E-state index in [9.17, 15) is 4.39 Å². The number of nitrogen functional groups attached to an aromatic ring is 1. The summed E-state index contributed by atoms with van der Waals surface area (Å²) in [6.07, 6.45) is 1.78. The Bertz CT molecular complexity index is 689. The van der Waals surface area contributed by atoms with Gasteiger partial charge in [0.1, 0.15) is 11.5 Å². The maximum atomic E-state index is 13.1. The van der Waals surface area contributed by atoms with Gasteiger partial charge in [0.15, 0.2) is 0 Å². The summed E-state index contributed by atoms with van der Waals surface area (Å²) in [5, 5.41) is 6.44. The van der Waals surface area contributed by atoms with E-state index in [1.165, 1.54) is 12.1 Å². The monoisotopic (exact) mass is 273 g/mol. The molecule has 0 unspecified atom stereocenters. The number of aromatic nitrogens is 2. The Morgan fingerprint density at radius 3 is 2.89 bits per heavy atom. The van der Waals surface area contributed by atoms with Crippen LogP contribution in [0.4, 0.5) is 10.1 Å². The molecule has 3 nitrogen and oxygen atoms in total. The summed E-state index contributed by atoms with van der Waals surface area (Å²) in [6, 6.07) is 10.4. The fourth-order valence-electron chi connectivity index (χ4n) is 1.94. The van der Waals surface area contributed by atoms with Crippen LogP contribution in [0.3, 0.4) is 0 Å². The summed E-state index contributed by atoms with van der Waals surface area (Å²) >= 11 is 1.60. The van der Waals surface area contributed by atoms with Crippen LogP contribution in [-0.2, 0) is 6.54 Å². The second kappa shape index (κ2) is 4.85. The van der Waals surface area contributed by atoms with Gasteiger partial charge >= 0.3 is 0 Å². The van der Waals surface area contributed by atoms with Gasteiger partial charge in [0.25, 0.3) is 0 Å². The van der Waals surface area contributed by atoms with Crippen LogP contribution in [0, 0.1) is 5.82 Å². The smallest absolute Gasteiger partial charge is 0.125 e. The van der Waals surface area contributed by atoms with E-state index < -0.39 is 0 Å². The quantitative estimate of drug-likeness (QED) is 0.795. The van der Waals surface area contributed by atoms with Crippen molar-refractivity contribution in [2.45, 2.75) is 6.54 Å². The molecule has 0 spiro atoms. The van der Waals surface area contributed by atoms with Crippen molar-refractivity contribution in [3.05, 3.63) is 59.4 Å². The van der Waals surface area contributed by atoms with Crippen molar-refractivity contribution in [3.8, 4) is 10.6 Å². The Kier molecular flexibility index (Phi) is 3.05. The van der Waals surface area contributed by atoms with E-state index in [0.717, 1.165) is 16.1 Å². The van der Waals surface area contributed by atoms with Crippen LogP contribution in [0.1, 0.15) is 5.56 Å². The summed E-state index contributed by atoms with van der Waals surface area (Å²) in [5.74, 6) is -0.240. The largest absolute Gasteiger partial charge is 0.396 e. The number of benzene rings is 1. The molecule has 3 rings (SSSR count). The third kappa shape index (κ3) is 2.51. The number of halogens is 1. The first-order valence-corrected chi connectivity index (χ1v) is 6.71. The molecule has 2 aromatic heterocycles. The summed E-state index contributed by atoms with van der Waals surface area (Å²) in [6.45, 7) is 0.507. The third-order valence-corrected chi connectivity index (χ3v) is 3.65. The fourth-order valence-corrected chi connectivity index (χ4v) is 2.68. The lowest BCUT2D eigenvalue weighted by atomic mass is 10.2. The van der Waals surface area contributed by atoms with E-state index in [2.05, 4.69) is 5.10 Å². The minimum absolute atomic E-state index is 0.240. The van der Waals surface area contributed by atoms with Crippen molar-refractivity contribution < 1.29 is 4.39 Å². The van der Waals surface area contributed by atoms with Crippen LogP contribution in [0.15, 0.2) is 48.0 Å². The summed E-state index contributed by atoms with van der Waals surface area (Å²) < 4.78 is 14.9. The van der Waals surface area contributed by atoms with Gasteiger partial charge in [0, 0.05) is 6.20 Å². The van der Waals surface area contributed by atoms with Crippen LogP contribution in [0.25, 0.3) is 10.6 Å². The SMILES string of the molecule is Nc1cn(Cc2cccc(F)c2)nc1-c1cccs1. The van der Waals surface area contributed by atoms with Crippen molar-refractivity contribution in [1.29, 1.82) is 0 Å². The summed E-state index contributed by atoms with van der Waals surface area (Å²) in [5.41, 5.74) is 8.25. The zero-order valence-electron chi connectivity index (χ0n) is 10.1. The molecule has 2 N–H and O–H groups in total. The van der Waals surface area contributed by atoms with Gasteiger partial charge in [-0.3, -0.25) is 4.68 Å². The molecule has 0 bridgehead atoms. The first-order chi connectivity index (χ1) is 9.22. The van der Waals surface area contributed by atoms with Crippen molar-refractivity contribution in [2.75, 3.05) is 5.73 Å². The number of hydrogen-bond acceptors (Lipinski definition) is 3. The van der Waals surface area contributed by atoms with Gasteiger partial charge in [-0.2, -0.15) is 5.10 Å². The van der Waals surface area contributed by atoms with Crippen molar-refractivity contribution in [2.24, 2.45) is 0 Å². The lowest BCUT2D eigenvalue weighted by Gasteiger charge is -2.01. The Morgan fingerprint density at radius 1 is 1.26 bits per heavy atom. The second-order valence-electron chi connectivity index (χ2n) is 4.24. The molecule has 3 aromatic rings. The van der Waals surface area contributed by atoms with Crippen LogP contribution in [0.5, 0.6) is 0 Å². The predicted octanol–water partition coefficient (Wildman–Crippen LogP) is 3.38. The van der Waals surface area contributed by atoms with E-state index in [1.807, 2.05) is 23.6 Å². The molecule has 0 aliphatic rings. The highest BCUT2D eigenvalue weighted by Crippen LogP contribution is 2.28. The summed E-state index contributed by atoms with van der Waals surface area (Å²) in [7, 11) is 0. The van der Waals surface area contributed by atoms with Gasteiger partial charge < -0.3 is 5.73 Å². The molecule has 0 radical (unpaired) electrons. The molecule has 1 aromatic carbocycles. The van der Waals surface area contributed by atoms with E-state index >= 15 is 0 Å². The Morgan fingerprint density at radius 2 is 2.16 bits per heavy atom. The van der Waals surface area contributed by atoms with Crippen molar-refractivity contribution in [3.63, 3.8) is 0 Å². The third-order valence-electron chi connectivity index (χ3n) is 2.78. The van der Waals surface area contributed by atoms with Crippen molar-refractivity contribution >= 4 is 17.0 Å². The van der Waals surface area contributed by atoms with Gasteiger partial charge in [-0.25, -0.2) is 4.39 Å². The normalized spacial score (nSPS) is 10.8. The molecule has 0 saturated carbocycles. The maximum absolute atomic E-state index is 13.1. The highest BCUT2D eigenvalue weighted by Gasteiger charge is 2.09. The van der Waals surface area contributed by atoms with Gasteiger partial charge in [-0.05, 0) is 29.1 Å². The molecule has 0 aliphatic heterocycles. The van der Waals surface area contributed by atoms with Gasteiger partial charge in [-0.15, -0.1) is 11.3 Å². The predicted molar refractivity (Wildman–Crippen MR) is 75.5 cm³/mol. The van der Waals surface area contributed by atoms with Gasteiger partial charge in [0.05, 0.1) is 17.1 Å². The standard InChI is InChI=1S/C14H12FN3S/c15-11-4-1-3-10(7-11)8-18-9-12(16)14(17-18)13-5-2-6-19-13/h1-7,9H,8,16H2. The van der Waals surface area contributed by atoms with Gasteiger partial charge in [0.2, 0.25) is 0 Å². The molecular formula is C14H12FN3S. The molecule has 0 atom stereocenters. The number of nitrogens with two attached hydrogens (primary N) is 1. The first-order valence-electron chi connectivity index (χ1n) is 5.83. The van der Waals surface area contributed by atoms with Crippen LogP contribution < -0.4 is 5.73 Å². The van der Waals surface area contributed by atoms with E-state index in [0.29, 0.717) is 12.2 Å². The fraction of sp³-hybridized carbons (Fsp3) is 0.0714. The topological polar surface area (TPSA) is 43.8 Å². The lowest BCUT2D eigenvalue weighted by Crippen LogP contribution is -2.00. The minimum atomic E-state index is -0.240. The molecule has 0 saturated heterocycles. The number of anilines is 1. The van der Waals surface area contributed by atoms with E-state index in [1.54, 1.807) is 28.3 Å². The highest BCUT2D eigenvalue weighted by molar-refractivity contribution is 7.13. The van der Waals surface area contributed by atoms with Crippen molar-refractivity contribution in [1.82, 2.24) is 9.78 Å². The van der Waals surface area contributed by atoms with Gasteiger partial charge in [-0.1, -0.05) is 18.2 Å². The molecule has 0 aliphatic carbocycles. The minimum Gasteiger partial charge on any atom is -0.396 e. The van der Waals surface area contributed by atoms with E-state index in [-0.39, 0.29) is 5.82 Å². The molecule has 5 heteroatoms. The number of hydrogen-bond donors (Lipinski definition) is 1. The molecular weight excluding hydrogens is 261 g/mol. The average Bonchev–Trinajstić information content (AvgIpc) is 2.98. The Balaban J connectivity index is 1.89. The maximum Gasteiger partial charge on any atom is 0.125 e. The number of nitrogens with zero attached hydrogens (tertiary/aromatic N) is 2. The molecule has 2 heterocycles.